The normalized spacial score (nSPS) is 10.6. The maximum absolute atomic E-state index is 12.7. The Hall–Kier alpha value is -3.20. The molecule has 0 bridgehead atoms. The third kappa shape index (κ3) is 3.82. The lowest BCUT2D eigenvalue weighted by atomic mass is 10.1. The molecule has 27 heavy (non-hydrogen) atoms. The Labute approximate surface area is 158 Å². The van der Waals surface area contributed by atoms with Gasteiger partial charge in [-0.25, -0.2) is 4.98 Å². The molecule has 0 saturated carbocycles. The minimum atomic E-state index is -0.638. The van der Waals surface area contributed by atoms with Crippen molar-refractivity contribution in [3.05, 3.63) is 51.6 Å². The summed E-state index contributed by atoms with van der Waals surface area (Å²) in [5.41, 5.74) is 1.33. The van der Waals surface area contributed by atoms with Gasteiger partial charge in [-0.15, -0.1) is 0 Å². The standard InChI is InChI=1S/C18H17N3O5S/c1-4-26-15-8-11(13(21(23)24)9-14(15)25-3)17(22)20-18-19-12-6-5-10(2)7-16(12)27-18/h5-9H,4H2,1-3H3,(H,19,20,22). The second-order valence-electron chi connectivity index (χ2n) is 5.65. The first-order valence-corrected chi connectivity index (χ1v) is 8.92. The van der Waals surface area contributed by atoms with Crippen molar-refractivity contribution in [1.29, 1.82) is 0 Å². The number of hydrogen-bond donors (Lipinski definition) is 1. The lowest BCUT2D eigenvalue weighted by Crippen LogP contribution is -2.14. The largest absolute Gasteiger partial charge is 0.493 e. The maximum Gasteiger partial charge on any atom is 0.286 e. The van der Waals surface area contributed by atoms with E-state index in [4.69, 9.17) is 9.47 Å². The summed E-state index contributed by atoms with van der Waals surface area (Å²) in [4.78, 5) is 27.8. The molecule has 1 aromatic heterocycles. The molecule has 0 saturated heterocycles. The van der Waals surface area contributed by atoms with Crippen LogP contribution in [-0.2, 0) is 0 Å². The number of carbonyl (C=O) groups is 1. The SMILES string of the molecule is CCOc1cc(C(=O)Nc2nc3ccc(C)cc3s2)c([N+](=O)[O-])cc1OC. The molecule has 3 rings (SSSR count). The molecule has 0 spiro atoms. The van der Waals surface area contributed by atoms with E-state index < -0.39 is 10.8 Å². The summed E-state index contributed by atoms with van der Waals surface area (Å²) in [6, 6.07) is 8.25. The fourth-order valence-electron chi connectivity index (χ4n) is 2.56. The molecule has 1 heterocycles. The Morgan fingerprint density at radius 3 is 2.74 bits per heavy atom. The van der Waals surface area contributed by atoms with Crippen LogP contribution in [0.4, 0.5) is 10.8 Å². The lowest BCUT2D eigenvalue weighted by Gasteiger charge is -2.11. The number of nitro benzene ring substituents is 1. The fraction of sp³-hybridized carbons (Fsp3) is 0.222. The molecule has 0 aliphatic rings. The topological polar surface area (TPSA) is 104 Å². The van der Waals surface area contributed by atoms with Gasteiger partial charge < -0.3 is 9.47 Å². The molecule has 0 atom stereocenters. The molecule has 1 amide bonds. The third-order valence-electron chi connectivity index (χ3n) is 3.79. The van der Waals surface area contributed by atoms with Gasteiger partial charge in [0, 0.05) is 6.07 Å². The predicted molar refractivity (Wildman–Crippen MR) is 103 cm³/mol. The number of carbonyl (C=O) groups excluding carboxylic acids is 1. The average Bonchev–Trinajstić information content (AvgIpc) is 3.02. The minimum Gasteiger partial charge on any atom is -0.493 e. The number of nitro groups is 1. The molecular formula is C18H17N3O5S. The fourth-order valence-corrected chi connectivity index (χ4v) is 3.52. The number of aryl methyl sites for hydroxylation is 1. The highest BCUT2D eigenvalue weighted by Gasteiger charge is 2.25. The second kappa shape index (κ2) is 7.58. The summed E-state index contributed by atoms with van der Waals surface area (Å²) in [7, 11) is 1.38. The zero-order valence-corrected chi connectivity index (χ0v) is 15.8. The van der Waals surface area contributed by atoms with Gasteiger partial charge >= 0.3 is 0 Å². The van der Waals surface area contributed by atoms with Crippen molar-refractivity contribution >= 4 is 38.3 Å². The molecule has 2 aromatic carbocycles. The number of aromatic nitrogens is 1. The predicted octanol–water partition coefficient (Wildman–Crippen LogP) is 4.17. The van der Waals surface area contributed by atoms with Crippen LogP contribution in [0, 0.1) is 17.0 Å². The minimum absolute atomic E-state index is 0.125. The Morgan fingerprint density at radius 2 is 2.07 bits per heavy atom. The van der Waals surface area contributed by atoms with Crippen LogP contribution in [0.3, 0.4) is 0 Å². The number of nitrogens with one attached hydrogen (secondary N) is 1. The van der Waals surface area contributed by atoms with E-state index in [1.54, 1.807) is 6.92 Å². The molecule has 0 aliphatic heterocycles. The van der Waals surface area contributed by atoms with Gasteiger partial charge in [-0.05, 0) is 31.5 Å². The summed E-state index contributed by atoms with van der Waals surface area (Å²) in [6.45, 7) is 4.06. The Balaban J connectivity index is 1.98. The van der Waals surface area contributed by atoms with E-state index in [1.165, 1.54) is 30.6 Å². The van der Waals surface area contributed by atoms with E-state index in [0.717, 1.165) is 15.8 Å². The maximum atomic E-state index is 12.7. The van der Waals surface area contributed by atoms with Gasteiger partial charge in [0.15, 0.2) is 16.6 Å². The molecule has 3 aromatic rings. The van der Waals surface area contributed by atoms with Gasteiger partial charge in [0.1, 0.15) is 5.56 Å². The number of amides is 1. The number of ether oxygens (including phenoxy) is 2. The first kappa shape index (κ1) is 18.6. The number of methoxy groups -OCH3 is 1. The highest BCUT2D eigenvalue weighted by Crippen LogP contribution is 2.35. The van der Waals surface area contributed by atoms with Crippen LogP contribution in [0.2, 0.25) is 0 Å². The van der Waals surface area contributed by atoms with Gasteiger partial charge in [-0.3, -0.25) is 20.2 Å². The van der Waals surface area contributed by atoms with Crippen LogP contribution in [0.1, 0.15) is 22.8 Å². The van der Waals surface area contributed by atoms with Crippen molar-refractivity contribution in [2.45, 2.75) is 13.8 Å². The summed E-state index contributed by atoms with van der Waals surface area (Å²) in [5.74, 6) is -0.188. The molecule has 0 radical (unpaired) electrons. The molecule has 9 heteroatoms. The number of benzene rings is 2. The van der Waals surface area contributed by atoms with E-state index in [1.807, 2.05) is 25.1 Å². The molecule has 0 fully saturated rings. The average molecular weight is 387 g/mol. The second-order valence-corrected chi connectivity index (χ2v) is 6.69. The summed E-state index contributed by atoms with van der Waals surface area (Å²) in [6.07, 6.45) is 0. The van der Waals surface area contributed by atoms with Gasteiger partial charge in [0.25, 0.3) is 11.6 Å². The molecule has 8 nitrogen and oxygen atoms in total. The Kier molecular flexibility index (Phi) is 5.22. The van der Waals surface area contributed by atoms with Crippen molar-refractivity contribution in [2.75, 3.05) is 19.0 Å². The summed E-state index contributed by atoms with van der Waals surface area (Å²) < 4.78 is 11.5. The van der Waals surface area contributed by atoms with Crippen molar-refractivity contribution in [1.82, 2.24) is 4.98 Å². The Morgan fingerprint density at radius 1 is 1.30 bits per heavy atom. The molecule has 0 unspecified atom stereocenters. The van der Waals surface area contributed by atoms with Crippen molar-refractivity contribution in [3.8, 4) is 11.5 Å². The van der Waals surface area contributed by atoms with Crippen LogP contribution in [0.5, 0.6) is 11.5 Å². The number of rotatable bonds is 6. The van der Waals surface area contributed by atoms with Crippen LogP contribution >= 0.6 is 11.3 Å². The zero-order valence-electron chi connectivity index (χ0n) is 14.9. The summed E-state index contributed by atoms with van der Waals surface area (Å²) in [5, 5.41) is 14.4. The smallest absolute Gasteiger partial charge is 0.286 e. The van der Waals surface area contributed by atoms with Crippen LogP contribution < -0.4 is 14.8 Å². The quantitative estimate of drug-likeness (QED) is 0.503. The van der Waals surface area contributed by atoms with Crippen molar-refractivity contribution in [3.63, 3.8) is 0 Å². The van der Waals surface area contributed by atoms with Gasteiger partial charge in [0.05, 0.1) is 34.9 Å². The van der Waals surface area contributed by atoms with Crippen molar-refractivity contribution in [2.24, 2.45) is 0 Å². The molecule has 140 valence electrons. The number of hydrogen-bond acceptors (Lipinski definition) is 7. The van der Waals surface area contributed by atoms with E-state index in [0.29, 0.717) is 11.7 Å². The highest BCUT2D eigenvalue weighted by atomic mass is 32.1. The number of anilines is 1. The van der Waals surface area contributed by atoms with E-state index >= 15 is 0 Å². The summed E-state index contributed by atoms with van der Waals surface area (Å²) >= 11 is 1.30. The number of fused-ring (bicyclic) bond motifs is 1. The highest BCUT2D eigenvalue weighted by molar-refractivity contribution is 7.22. The van der Waals surface area contributed by atoms with Crippen LogP contribution in [0.25, 0.3) is 10.2 Å². The lowest BCUT2D eigenvalue weighted by molar-refractivity contribution is -0.385. The third-order valence-corrected chi connectivity index (χ3v) is 4.72. The van der Waals surface area contributed by atoms with Crippen LogP contribution in [-0.4, -0.2) is 29.5 Å². The first-order chi connectivity index (χ1) is 12.9. The van der Waals surface area contributed by atoms with Gasteiger partial charge in [-0.1, -0.05) is 17.4 Å². The van der Waals surface area contributed by atoms with Crippen LogP contribution in [0.15, 0.2) is 30.3 Å². The Bertz CT molecular complexity index is 1030. The molecule has 1 N–H and O–H groups in total. The van der Waals surface area contributed by atoms with E-state index in [2.05, 4.69) is 10.3 Å². The van der Waals surface area contributed by atoms with Gasteiger partial charge in [0.2, 0.25) is 0 Å². The van der Waals surface area contributed by atoms with E-state index in [-0.39, 0.29) is 22.7 Å². The van der Waals surface area contributed by atoms with Gasteiger partial charge in [-0.2, -0.15) is 0 Å². The number of nitrogens with zero attached hydrogens (tertiary/aromatic N) is 2. The zero-order chi connectivity index (χ0) is 19.6. The number of thiazole rings is 1. The molecule has 0 aliphatic carbocycles. The first-order valence-electron chi connectivity index (χ1n) is 8.10. The monoisotopic (exact) mass is 387 g/mol. The van der Waals surface area contributed by atoms with E-state index in [9.17, 15) is 14.9 Å². The van der Waals surface area contributed by atoms with Crippen molar-refractivity contribution < 1.29 is 19.2 Å². The molecular weight excluding hydrogens is 370 g/mol.